The molecule has 0 amide bonds. The second kappa shape index (κ2) is 4.95. The highest BCUT2D eigenvalue weighted by Gasteiger charge is 2.00. The maximum atomic E-state index is 5.42. The standard InChI is InChI=1S/C9H9N5S2/c10-9(15)6-3-13-7(4-12-6)14-5-8-11-1-2-16-8/h1-4H,5H2,(H2,10,15)(H,13,14). The lowest BCUT2D eigenvalue weighted by atomic mass is 10.4. The molecule has 0 fully saturated rings. The molecule has 0 unspecified atom stereocenters. The Morgan fingerprint density at radius 2 is 2.25 bits per heavy atom. The number of hydrogen-bond donors (Lipinski definition) is 2. The molecule has 16 heavy (non-hydrogen) atoms. The first-order chi connectivity index (χ1) is 7.75. The van der Waals surface area contributed by atoms with Crippen molar-refractivity contribution >= 4 is 34.4 Å². The monoisotopic (exact) mass is 251 g/mol. The first-order valence-corrected chi connectivity index (χ1v) is 5.78. The summed E-state index contributed by atoms with van der Waals surface area (Å²) < 4.78 is 0. The van der Waals surface area contributed by atoms with Crippen molar-refractivity contribution in [2.24, 2.45) is 5.73 Å². The van der Waals surface area contributed by atoms with Gasteiger partial charge in [0.2, 0.25) is 0 Å². The predicted molar refractivity (Wildman–Crippen MR) is 67.4 cm³/mol. The molecule has 7 heteroatoms. The van der Waals surface area contributed by atoms with Crippen molar-refractivity contribution in [2.45, 2.75) is 6.54 Å². The van der Waals surface area contributed by atoms with E-state index in [1.165, 1.54) is 0 Å². The molecule has 82 valence electrons. The van der Waals surface area contributed by atoms with Crippen LogP contribution in [-0.2, 0) is 6.54 Å². The van der Waals surface area contributed by atoms with Gasteiger partial charge in [0.05, 0.1) is 18.9 Å². The van der Waals surface area contributed by atoms with Crippen LogP contribution in [0.25, 0.3) is 0 Å². The summed E-state index contributed by atoms with van der Waals surface area (Å²) in [6, 6.07) is 0. The highest BCUT2D eigenvalue weighted by molar-refractivity contribution is 7.80. The fourth-order valence-electron chi connectivity index (χ4n) is 1.05. The van der Waals surface area contributed by atoms with Gasteiger partial charge >= 0.3 is 0 Å². The second-order valence-electron chi connectivity index (χ2n) is 2.93. The molecule has 2 rings (SSSR count). The van der Waals surface area contributed by atoms with Gasteiger partial charge < -0.3 is 11.1 Å². The maximum absolute atomic E-state index is 5.42. The fourth-order valence-corrected chi connectivity index (χ4v) is 1.71. The minimum absolute atomic E-state index is 0.249. The Hall–Kier alpha value is -1.60. The summed E-state index contributed by atoms with van der Waals surface area (Å²) in [5, 5.41) is 6.03. The predicted octanol–water partition coefficient (Wildman–Crippen LogP) is 1.18. The molecule has 0 aliphatic rings. The van der Waals surface area contributed by atoms with Crippen LogP contribution in [0.4, 0.5) is 5.82 Å². The molecule has 0 atom stereocenters. The zero-order chi connectivity index (χ0) is 11.4. The van der Waals surface area contributed by atoms with E-state index in [1.54, 1.807) is 29.9 Å². The minimum atomic E-state index is 0.249. The van der Waals surface area contributed by atoms with E-state index in [4.69, 9.17) is 18.0 Å². The van der Waals surface area contributed by atoms with Gasteiger partial charge in [-0.2, -0.15) is 0 Å². The Balaban J connectivity index is 1.98. The molecular formula is C9H9N5S2. The van der Waals surface area contributed by atoms with Crippen molar-refractivity contribution in [1.82, 2.24) is 15.0 Å². The number of thiazole rings is 1. The normalized spacial score (nSPS) is 10.0. The summed E-state index contributed by atoms with van der Waals surface area (Å²) in [5.41, 5.74) is 5.94. The molecular weight excluding hydrogens is 242 g/mol. The lowest BCUT2D eigenvalue weighted by Gasteiger charge is -2.03. The van der Waals surface area contributed by atoms with Gasteiger partial charge in [0, 0.05) is 11.6 Å². The Morgan fingerprint density at radius 1 is 1.38 bits per heavy atom. The number of rotatable bonds is 4. The third kappa shape index (κ3) is 2.71. The number of nitrogens with two attached hydrogens (primary N) is 1. The summed E-state index contributed by atoms with van der Waals surface area (Å²) in [6.07, 6.45) is 4.91. The van der Waals surface area contributed by atoms with Crippen molar-refractivity contribution in [3.05, 3.63) is 34.7 Å². The smallest absolute Gasteiger partial charge is 0.144 e. The van der Waals surface area contributed by atoms with Crippen LogP contribution in [0, 0.1) is 0 Å². The zero-order valence-corrected chi connectivity index (χ0v) is 9.88. The van der Waals surface area contributed by atoms with E-state index in [2.05, 4.69) is 20.3 Å². The number of aromatic nitrogens is 3. The lowest BCUT2D eigenvalue weighted by molar-refractivity contribution is 1.06. The van der Waals surface area contributed by atoms with Gasteiger partial charge in [0.15, 0.2) is 0 Å². The number of nitrogens with one attached hydrogen (secondary N) is 1. The summed E-state index contributed by atoms with van der Waals surface area (Å²) in [7, 11) is 0. The van der Waals surface area contributed by atoms with E-state index in [1.807, 2.05) is 5.38 Å². The average Bonchev–Trinajstić information content (AvgIpc) is 2.80. The van der Waals surface area contributed by atoms with Crippen molar-refractivity contribution in [2.75, 3.05) is 5.32 Å². The van der Waals surface area contributed by atoms with Crippen molar-refractivity contribution in [3.63, 3.8) is 0 Å². The molecule has 3 N–H and O–H groups in total. The van der Waals surface area contributed by atoms with Gasteiger partial charge in [0.25, 0.3) is 0 Å². The summed E-state index contributed by atoms with van der Waals surface area (Å²) in [5.74, 6) is 0.676. The molecule has 0 saturated heterocycles. The summed E-state index contributed by atoms with van der Waals surface area (Å²) >= 11 is 6.37. The molecule has 0 bridgehead atoms. The van der Waals surface area contributed by atoms with Crippen LogP contribution >= 0.6 is 23.6 Å². The van der Waals surface area contributed by atoms with Gasteiger partial charge in [-0.1, -0.05) is 12.2 Å². The number of nitrogens with zero attached hydrogens (tertiary/aromatic N) is 3. The van der Waals surface area contributed by atoms with E-state index in [0.717, 1.165) is 5.01 Å². The van der Waals surface area contributed by atoms with Gasteiger partial charge in [-0.25, -0.2) is 15.0 Å². The SMILES string of the molecule is NC(=S)c1cnc(NCc2nccs2)cn1. The van der Waals surface area contributed by atoms with Crippen LogP contribution < -0.4 is 11.1 Å². The zero-order valence-electron chi connectivity index (χ0n) is 8.25. The van der Waals surface area contributed by atoms with Crippen molar-refractivity contribution in [3.8, 4) is 0 Å². The number of thiocarbonyl (C=S) groups is 1. The molecule has 0 aliphatic heterocycles. The highest BCUT2D eigenvalue weighted by Crippen LogP contribution is 2.07. The third-order valence-corrected chi connectivity index (χ3v) is 2.80. The van der Waals surface area contributed by atoms with Crippen LogP contribution in [0.1, 0.15) is 10.7 Å². The van der Waals surface area contributed by atoms with E-state index in [9.17, 15) is 0 Å². The van der Waals surface area contributed by atoms with E-state index < -0.39 is 0 Å². The molecule has 0 aromatic carbocycles. The second-order valence-corrected chi connectivity index (χ2v) is 4.35. The lowest BCUT2D eigenvalue weighted by Crippen LogP contribution is -2.12. The topological polar surface area (TPSA) is 76.7 Å². The molecule has 2 heterocycles. The van der Waals surface area contributed by atoms with Gasteiger partial charge in [-0.3, -0.25) is 0 Å². The molecule has 0 spiro atoms. The fraction of sp³-hybridized carbons (Fsp3) is 0.111. The van der Waals surface area contributed by atoms with Crippen molar-refractivity contribution in [1.29, 1.82) is 0 Å². The van der Waals surface area contributed by atoms with Gasteiger partial charge in [-0.05, 0) is 0 Å². The highest BCUT2D eigenvalue weighted by atomic mass is 32.1. The Labute approximate surface area is 102 Å². The third-order valence-electron chi connectivity index (χ3n) is 1.81. The molecule has 0 radical (unpaired) electrons. The Morgan fingerprint density at radius 3 is 2.81 bits per heavy atom. The largest absolute Gasteiger partial charge is 0.388 e. The quantitative estimate of drug-likeness (QED) is 0.795. The van der Waals surface area contributed by atoms with Crippen LogP contribution in [0.3, 0.4) is 0 Å². The molecule has 0 aliphatic carbocycles. The number of hydrogen-bond acceptors (Lipinski definition) is 6. The molecule has 0 saturated carbocycles. The van der Waals surface area contributed by atoms with E-state index in [0.29, 0.717) is 18.1 Å². The Kier molecular flexibility index (Phi) is 3.37. The molecule has 5 nitrogen and oxygen atoms in total. The summed E-state index contributed by atoms with van der Waals surface area (Å²) in [6.45, 7) is 0.638. The van der Waals surface area contributed by atoms with E-state index >= 15 is 0 Å². The average molecular weight is 251 g/mol. The summed E-state index contributed by atoms with van der Waals surface area (Å²) in [4.78, 5) is 12.6. The van der Waals surface area contributed by atoms with E-state index in [-0.39, 0.29) is 4.99 Å². The Bertz CT molecular complexity index is 465. The van der Waals surface area contributed by atoms with Gasteiger partial charge in [-0.15, -0.1) is 11.3 Å². The maximum Gasteiger partial charge on any atom is 0.144 e. The van der Waals surface area contributed by atoms with Crippen molar-refractivity contribution < 1.29 is 0 Å². The van der Waals surface area contributed by atoms with Crippen LogP contribution in [0.15, 0.2) is 24.0 Å². The molecule has 2 aromatic heterocycles. The minimum Gasteiger partial charge on any atom is -0.388 e. The van der Waals surface area contributed by atoms with Crippen LogP contribution in [-0.4, -0.2) is 19.9 Å². The molecule has 2 aromatic rings. The van der Waals surface area contributed by atoms with Crippen LogP contribution in [0.2, 0.25) is 0 Å². The van der Waals surface area contributed by atoms with Crippen LogP contribution in [0.5, 0.6) is 0 Å². The first-order valence-electron chi connectivity index (χ1n) is 4.50. The number of anilines is 1. The first kappa shape index (κ1) is 10.9. The van der Waals surface area contributed by atoms with Gasteiger partial charge in [0.1, 0.15) is 21.5 Å².